The first-order valence-electron chi connectivity index (χ1n) is 6.10. The molecule has 1 aromatic heterocycles. The maximum Gasteiger partial charge on any atom is 0.374 e. The van der Waals surface area contributed by atoms with Gasteiger partial charge in [0.25, 0.3) is 5.91 Å². The SMILES string of the molecule is Cc1ccccc1CCNC(=O)c1cc(C(=O)O)on1. The summed E-state index contributed by atoms with van der Waals surface area (Å²) < 4.78 is 4.52. The Kier molecular flexibility index (Phi) is 4.14. The van der Waals surface area contributed by atoms with Gasteiger partial charge in [0, 0.05) is 12.6 Å². The lowest BCUT2D eigenvalue weighted by Gasteiger charge is -2.05. The van der Waals surface area contributed by atoms with Crippen molar-refractivity contribution in [2.75, 3.05) is 6.54 Å². The van der Waals surface area contributed by atoms with E-state index >= 15 is 0 Å². The molecule has 0 atom stereocenters. The minimum absolute atomic E-state index is 0.0350. The molecule has 0 fully saturated rings. The molecule has 0 bridgehead atoms. The fourth-order valence-electron chi connectivity index (χ4n) is 1.77. The van der Waals surface area contributed by atoms with Crippen LogP contribution in [0.15, 0.2) is 34.9 Å². The molecule has 0 spiro atoms. The number of carboxylic acids is 1. The van der Waals surface area contributed by atoms with Crippen LogP contribution in [0.3, 0.4) is 0 Å². The van der Waals surface area contributed by atoms with Crippen molar-refractivity contribution < 1.29 is 19.2 Å². The first kappa shape index (κ1) is 13.8. The molecular formula is C14H14N2O4. The fourth-order valence-corrected chi connectivity index (χ4v) is 1.77. The van der Waals surface area contributed by atoms with Crippen LogP contribution in [0.4, 0.5) is 0 Å². The van der Waals surface area contributed by atoms with E-state index in [2.05, 4.69) is 15.0 Å². The highest BCUT2D eigenvalue weighted by Crippen LogP contribution is 2.07. The Morgan fingerprint density at radius 3 is 2.75 bits per heavy atom. The number of hydrogen-bond acceptors (Lipinski definition) is 4. The van der Waals surface area contributed by atoms with E-state index < -0.39 is 11.9 Å². The molecule has 20 heavy (non-hydrogen) atoms. The predicted octanol–water partition coefficient (Wildman–Crippen LogP) is 1.65. The van der Waals surface area contributed by atoms with E-state index in [1.165, 1.54) is 0 Å². The minimum atomic E-state index is -1.25. The normalized spacial score (nSPS) is 10.2. The summed E-state index contributed by atoms with van der Waals surface area (Å²) in [4.78, 5) is 22.3. The number of carboxylic acid groups (broad SMARTS) is 1. The molecule has 0 aliphatic carbocycles. The van der Waals surface area contributed by atoms with Crippen molar-refractivity contribution in [3.8, 4) is 0 Å². The van der Waals surface area contributed by atoms with Crippen LogP contribution in [0.2, 0.25) is 0 Å². The molecule has 6 nitrogen and oxygen atoms in total. The monoisotopic (exact) mass is 274 g/mol. The summed E-state index contributed by atoms with van der Waals surface area (Å²) in [5.41, 5.74) is 2.28. The first-order chi connectivity index (χ1) is 9.58. The Morgan fingerprint density at radius 1 is 1.35 bits per heavy atom. The van der Waals surface area contributed by atoms with E-state index in [1.807, 2.05) is 31.2 Å². The Labute approximate surface area is 115 Å². The standard InChI is InChI=1S/C14H14N2O4/c1-9-4-2-3-5-10(9)6-7-15-13(17)11-8-12(14(18)19)20-16-11/h2-5,8H,6-7H2,1H3,(H,15,17)(H,18,19). The number of nitrogens with one attached hydrogen (secondary N) is 1. The van der Waals surface area contributed by atoms with Crippen LogP contribution >= 0.6 is 0 Å². The Morgan fingerprint density at radius 2 is 2.10 bits per heavy atom. The molecule has 2 aromatic rings. The summed E-state index contributed by atoms with van der Waals surface area (Å²) in [5.74, 6) is -2.06. The van der Waals surface area contributed by atoms with Gasteiger partial charge in [0.15, 0.2) is 5.69 Å². The molecule has 2 N–H and O–H groups in total. The van der Waals surface area contributed by atoms with E-state index in [0.29, 0.717) is 13.0 Å². The van der Waals surface area contributed by atoms with Crippen LogP contribution in [0.1, 0.15) is 32.2 Å². The highest BCUT2D eigenvalue weighted by molar-refractivity contribution is 5.94. The second-order valence-corrected chi connectivity index (χ2v) is 4.31. The van der Waals surface area contributed by atoms with Crippen LogP contribution in [0.25, 0.3) is 0 Å². The average molecular weight is 274 g/mol. The lowest BCUT2D eigenvalue weighted by atomic mass is 10.1. The second-order valence-electron chi connectivity index (χ2n) is 4.31. The number of amides is 1. The lowest BCUT2D eigenvalue weighted by Crippen LogP contribution is -2.26. The molecule has 1 amide bonds. The molecule has 0 saturated carbocycles. The summed E-state index contributed by atoms with van der Waals surface area (Å²) in [5, 5.41) is 14.8. The van der Waals surface area contributed by atoms with Crippen LogP contribution in [0, 0.1) is 6.92 Å². The van der Waals surface area contributed by atoms with Gasteiger partial charge in [-0.15, -0.1) is 0 Å². The zero-order chi connectivity index (χ0) is 14.5. The highest BCUT2D eigenvalue weighted by atomic mass is 16.5. The first-order valence-corrected chi connectivity index (χ1v) is 6.10. The Balaban J connectivity index is 1.89. The number of benzene rings is 1. The van der Waals surface area contributed by atoms with Crippen molar-refractivity contribution in [2.24, 2.45) is 0 Å². The van der Waals surface area contributed by atoms with E-state index in [9.17, 15) is 9.59 Å². The molecule has 6 heteroatoms. The van der Waals surface area contributed by atoms with Gasteiger partial charge in [-0.3, -0.25) is 4.79 Å². The zero-order valence-corrected chi connectivity index (χ0v) is 10.9. The predicted molar refractivity (Wildman–Crippen MR) is 70.7 cm³/mol. The van der Waals surface area contributed by atoms with Gasteiger partial charge in [-0.25, -0.2) is 4.79 Å². The largest absolute Gasteiger partial charge is 0.475 e. The number of rotatable bonds is 5. The van der Waals surface area contributed by atoms with Gasteiger partial charge in [0.1, 0.15) is 0 Å². The Bertz CT molecular complexity index is 634. The summed E-state index contributed by atoms with van der Waals surface area (Å²) in [6.07, 6.45) is 0.696. The summed E-state index contributed by atoms with van der Waals surface area (Å²) in [7, 11) is 0. The van der Waals surface area contributed by atoms with Gasteiger partial charge < -0.3 is 14.9 Å². The van der Waals surface area contributed by atoms with Gasteiger partial charge in [-0.1, -0.05) is 29.4 Å². The number of carbonyl (C=O) groups is 2. The van der Waals surface area contributed by atoms with Gasteiger partial charge in [-0.05, 0) is 24.5 Å². The second kappa shape index (κ2) is 6.01. The summed E-state index contributed by atoms with van der Waals surface area (Å²) in [6.45, 7) is 2.45. The summed E-state index contributed by atoms with van der Waals surface area (Å²) in [6, 6.07) is 9.01. The number of nitrogens with zero attached hydrogens (tertiary/aromatic N) is 1. The van der Waals surface area contributed by atoms with Crippen molar-refractivity contribution in [3.05, 3.63) is 52.9 Å². The van der Waals surface area contributed by atoms with Gasteiger partial charge >= 0.3 is 5.97 Å². The lowest BCUT2D eigenvalue weighted by molar-refractivity contribution is 0.0651. The van der Waals surface area contributed by atoms with Crippen LogP contribution in [-0.4, -0.2) is 28.7 Å². The molecule has 1 heterocycles. The zero-order valence-electron chi connectivity index (χ0n) is 10.9. The number of aryl methyl sites for hydroxylation is 1. The quantitative estimate of drug-likeness (QED) is 0.864. The van der Waals surface area contributed by atoms with Gasteiger partial charge in [0.2, 0.25) is 5.76 Å². The Hall–Kier alpha value is -2.63. The van der Waals surface area contributed by atoms with Gasteiger partial charge in [-0.2, -0.15) is 0 Å². The number of carbonyl (C=O) groups excluding carboxylic acids is 1. The molecule has 0 saturated heterocycles. The molecule has 0 aliphatic rings. The van der Waals surface area contributed by atoms with Crippen molar-refractivity contribution in [3.63, 3.8) is 0 Å². The van der Waals surface area contributed by atoms with E-state index in [-0.39, 0.29) is 11.5 Å². The smallest absolute Gasteiger partial charge is 0.374 e. The number of hydrogen-bond donors (Lipinski definition) is 2. The maximum absolute atomic E-state index is 11.7. The van der Waals surface area contributed by atoms with Crippen LogP contribution in [-0.2, 0) is 6.42 Å². The highest BCUT2D eigenvalue weighted by Gasteiger charge is 2.16. The molecule has 104 valence electrons. The molecule has 0 radical (unpaired) electrons. The van der Waals surface area contributed by atoms with E-state index in [4.69, 9.17) is 5.11 Å². The van der Waals surface area contributed by atoms with Crippen LogP contribution in [0.5, 0.6) is 0 Å². The van der Waals surface area contributed by atoms with Crippen molar-refractivity contribution >= 4 is 11.9 Å². The van der Waals surface area contributed by atoms with Crippen molar-refractivity contribution in [1.29, 1.82) is 0 Å². The molecule has 0 aliphatic heterocycles. The fraction of sp³-hybridized carbons (Fsp3) is 0.214. The molecular weight excluding hydrogens is 260 g/mol. The third-order valence-electron chi connectivity index (χ3n) is 2.89. The number of aromatic carboxylic acids is 1. The van der Waals surface area contributed by atoms with Gasteiger partial charge in [0.05, 0.1) is 0 Å². The summed E-state index contributed by atoms with van der Waals surface area (Å²) >= 11 is 0. The maximum atomic E-state index is 11.7. The molecule has 2 rings (SSSR count). The van der Waals surface area contributed by atoms with Crippen molar-refractivity contribution in [2.45, 2.75) is 13.3 Å². The van der Waals surface area contributed by atoms with Crippen LogP contribution < -0.4 is 5.32 Å². The third-order valence-corrected chi connectivity index (χ3v) is 2.89. The third kappa shape index (κ3) is 3.23. The molecule has 0 unspecified atom stereocenters. The van der Waals surface area contributed by atoms with E-state index in [0.717, 1.165) is 17.2 Å². The molecule has 1 aromatic carbocycles. The topological polar surface area (TPSA) is 92.4 Å². The van der Waals surface area contributed by atoms with Crippen molar-refractivity contribution in [1.82, 2.24) is 10.5 Å². The van der Waals surface area contributed by atoms with E-state index in [1.54, 1.807) is 0 Å². The number of aromatic nitrogens is 1. The average Bonchev–Trinajstić information content (AvgIpc) is 2.91. The minimum Gasteiger partial charge on any atom is -0.475 e.